The van der Waals surface area contributed by atoms with Gasteiger partial charge in [0.1, 0.15) is 0 Å². The molecule has 0 aromatic heterocycles. The van der Waals surface area contributed by atoms with Gasteiger partial charge in [0, 0.05) is 0 Å². The molecule has 3 unspecified atom stereocenters. The van der Waals surface area contributed by atoms with Crippen molar-refractivity contribution in [1.82, 2.24) is 0 Å². The number of hydrogen-bond donors (Lipinski definition) is 1. The molecule has 1 N–H and O–H groups in total. The molecule has 0 saturated heterocycles. The Hall–Kier alpha value is -0.0400. The summed E-state index contributed by atoms with van der Waals surface area (Å²) in [5, 5.41) is 10.2. The number of hydrogen-bond acceptors (Lipinski definition) is 1. The van der Waals surface area contributed by atoms with E-state index in [0.717, 1.165) is 5.92 Å². The maximum atomic E-state index is 10.2. The van der Waals surface area contributed by atoms with E-state index in [2.05, 4.69) is 20.8 Å². The number of aliphatic hydroxyl groups is 1. The van der Waals surface area contributed by atoms with E-state index in [-0.39, 0.29) is 0 Å². The van der Waals surface area contributed by atoms with E-state index in [1.165, 1.54) is 19.3 Å². The lowest BCUT2D eigenvalue weighted by Gasteiger charge is -2.44. The van der Waals surface area contributed by atoms with E-state index in [0.29, 0.717) is 16.7 Å². The second-order valence-corrected chi connectivity index (χ2v) is 6.82. The second-order valence-electron chi connectivity index (χ2n) is 6.82. The van der Waals surface area contributed by atoms with Crippen LogP contribution in [0.5, 0.6) is 0 Å². The molecule has 1 heteroatoms. The fourth-order valence-electron chi connectivity index (χ4n) is 4.27. The average molecular weight is 196 g/mol. The van der Waals surface area contributed by atoms with E-state index in [4.69, 9.17) is 0 Å². The topological polar surface area (TPSA) is 20.2 Å². The summed E-state index contributed by atoms with van der Waals surface area (Å²) in [7, 11) is 0. The minimum atomic E-state index is -0.499. The van der Waals surface area contributed by atoms with Crippen LogP contribution in [0.2, 0.25) is 0 Å². The smallest absolute Gasteiger partial charge is 0.0625 e. The van der Waals surface area contributed by atoms with E-state index in [1.54, 1.807) is 0 Å². The molecule has 0 spiro atoms. The first-order valence-corrected chi connectivity index (χ1v) is 5.92. The Bertz CT molecular complexity index is 248. The summed E-state index contributed by atoms with van der Waals surface area (Å²) in [6.45, 7) is 11.2. The molecule has 2 saturated carbocycles. The molecule has 2 fully saturated rings. The van der Waals surface area contributed by atoms with Crippen LogP contribution in [0.3, 0.4) is 0 Å². The molecule has 0 aromatic carbocycles. The molecule has 0 aromatic rings. The molecular weight excluding hydrogens is 172 g/mol. The summed E-state index contributed by atoms with van der Waals surface area (Å²) < 4.78 is 0. The van der Waals surface area contributed by atoms with Gasteiger partial charge in [-0.15, -0.1) is 0 Å². The highest BCUT2D eigenvalue weighted by atomic mass is 16.3. The van der Waals surface area contributed by atoms with Gasteiger partial charge >= 0.3 is 0 Å². The van der Waals surface area contributed by atoms with Gasteiger partial charge in [-0.3, -0.25) is 0 Å². The van der Waals surface area contributed by atoms with Crippen molar-refractivity contribution in [2.75, 3.05) is 0 Å². The van der Waals surface area contributed by atoms with Crippen LogP contribution < -0.4 is 0 Å². The summed E-state index contributed by atoms with van der Waals surface area (Å²) >= 11 is 0. The van der Waals surface area contributed by atoms with Gasteiger partial charge in [-0.1, -0.05) is 20.8 Å². The van der Waals surface area contributed by atoms with Gasteiger partial charge < -0.3 is 5.11 Å². The van der Waals surface area contributed by atoms with Gasteiger partial charge in [-0.25, -0.2) is 0 Å². The summed E-state index contributed by atoms with van der Waals surface area (Å²) in [6, 6.07) is 0. The van der Waals surface area contributed by atoms with Crippen molar-refractivity contribution >= 4 is 0 Å². The van der Waals surface area contributed by atoms with Crippen molar-refractivity contribution in [2.24, 2.45) is 22.7 Å². The minimum Gasteiger partial charge on any atom is -0.390 e. The fraction of sp³-hybridized carbons (Fsp3) is 1.00. The third-order valence-electron chi connectivity index (χ3n) is 5.65. The Morgan fingerprint density at radius 3 is 2.00 bits per heavy atom. The first-order chi connectivity index (χ1) is 6.19. The van der Waals surface area contributed by atoms with Crippen molar-refractivity contribution in [3.8, 4) is 0 Å². The Labute approximate surface area is 87.9 Å². The Morgan fingerprint density at radius 1 is 1.21 bits per heavy atom. The predicted molar refractivity (Wildman–Crippen MR) is 59.0 cm³/mol. The van der Waals surface area contributed by atoms with Gasteiger partial charge in [-0.2, -0.15) is 0 Å². The van der Waals surface area contributed by atoms with E-state index in [9.17, 15) is 5.11 Å². The van der Waals surface area contributed by atoms with Crippen molar-refractivity contribution in [1.29, 1.82) is 0 Å². The Kier molecular flexibility index (Phi) is 1.91. The van der Waals surface area contributed by atoms with Crippen molar-refractivity contribution < 1.29 is 5.11 Å². The zero-order valence-electron chi connectivity index (χ0n) is 10.2. The summed E-state index contributed by atoms with van der Waals surface area (Å²) in [5.74, 6) is 1.33. The third kappa shape index (κ3) is 1.05. The van der Waals surface area contributed by atoms with Crippen LogP contribution in [0, 0.1) is 22.7 Å². The first kappa shape index (κ1) is 10.5. The Morgan fingerprint density at radius 2 is 1.79 bits per heavy atom. The lowest BCUT2D eigenvalue weighted by molar-refractivity contribution is -0.0552. The second kappa shape index (κ2) is 2.55. The van der Waals surface area contributed by atoms with Crippen LogP contribution in [-0.2, 0) is 0 Å². The molecule has 1 nitrogen and oxygen atoms in total. The lowest BCUT2D eigenvalue weighted by Crippen LogP contribution is -2.43. The summed E-state index contributed by atoms with van der Waals surface area (Å²) in [5.41, 5.74) is 0.286. The van der Waals surface area contributed by atoms with Crippen LogP contribution in [-0.4, -0.2) is 10.7 Å². The van der Waals surface area contributed by atoms with Gasteiger partial charge in [0.2, 0.25) is 0 Å². The standard InChI is InChI=1S/C13H24O/c1-11(2)9-6-7-13(11,5)10(8-9)12(3,4)14/h9-10,14H,6-8H2,1-5H3. The molecule has 0 amide bonds. The van der Waals surface area contributed by atoms with Gasteiger partial charge in [0.05, 0.1) is 5.60 Å². The average Bonchev–Trinajstić information content (AvgIpc) is 2.32. The van der Waals surface area contributed by atoms with E-state index < -0.39 is 5.60 Å². The van der Waals surface area contributed by atoms with Crippen molar-refractivity contribution in [3.05, 3.63) is 0 Å². The molecule has 14 heavy (non-hydrogen) atoms. The highest BCUT2D eigenvalue weighted by Crippen LogP contribution is 2.69. The molecule has 2 aliphatic rings. The molecule has 0 aliphatic heterocycles. The van der Waals surface area contributed by atoms with Crippen LogP contribution in [0.4, 0.5) is 0 Å². The highest BCUT2D eigenvalue weighted by Gasteiger charge is 2.63. The van der Waals surface area contributed by atoms with Gasteiger partial charge in [-0.05, 0) is 55.8 Å². The molecule has 3 atom stereocenters. The van der Waals surface area contributed by atoms with Crippen LogP contribution in [0.15, 0.2) is 0 Å². The zero-order valence-corrected chi connectivity index (χ0v) is 10.2. The van der Waals surface area contributed by atoms with Crippen molar-refractivity contribution in [3.63, 3.8) is 0 Å². The van der Waals surface area contributed by atoms with Gasteiger partial charge in [0.25, 0.3) is 0 Å². The Balaban J connectivity index is 2.37. The van der Waals surface area contributed by atoms with Crippen LogP contribution in [0.25, 0.3) is 0 Å². The quantitative estimate of drug-likeness (QED) is 0.682. The normalized spacial score (nSPS) is 45.9. The molecule has 2 aliphatic carbocycles. The number of fused-ring (bicyclic) bond motifs is 2. The summed E-state index contributed by atoms with van der Waals surface area (Å²) in [4.78, 5) is 0. The number of rotatable bonds is 1. The van der Waals surface area contributed by atoms with E-state index >= 15 is 0 Å². The molecule has 2 rings (SSSR count). The largest absolute Gasteiger partial charge is 0.390 e. The molecule has 82 valence electrons. The third-order valence-corrected chi connectivity index (χ3v) is 5.65. The first-order valence-electron chi connectivity index (χ1n) is 5.92. The molecule has 0 radical (unpaired) electrons. The monoisotopic (exact) mass is 196 g/mol. The highest BCUT2D eigenvalue weighted by molar-refractivity contribution is 5.13. The summed E-state index contributed by atoms with van der Waals surface area (Å²) in [6.07, 6.45) is 3.91. The SMILES string of the molecule is CC(C)(O)C1CC2CCC1(C)C2(C)C. The van der Waals surface area contributed by atoms with E-state index in [1.807, 2.05) is 13.8 Å². The zero-order chi connectivity index (χ0) is 10.8. The molecular formula is C13H24O. The van der Waals surface area contributed by atoms with Crippen LogP contribution >= 0.6 is 0 Å². The lowest BCUT2D eigenvalue weighted by atomic mass is 9.63. The fourth-order valence-corrected chi connectivity index (χ4v) is 4.27. The van der Waals surface area contributed by atoms with Crippen LogP contribution in [0.1, 0.15) is 53.9 Å². The maximum Gasteiger partial charge on any atom is 0.0625 e. The predicted octanol–water partition coefficient (Wildman–Crippen LogP) is 3.22. The maximum absolute atomic E-state index is 10.2. The van der Waals surface area contributed by atoms with Gasteiger partial charge in [0.15, 0.2) is 0 Å². The van der Waals surface area contributed by atoms with Crippen molar-refractivity contribution in [2.45, 2.75) is 59.5 Å². The minimum absolute atomic E-state index is 0.357. The molecule has 0 heterocycles. The molecule has 2 bridgehead atoms.